The molecule has 0 bridgehead atoms. The third-order valence-corrected chi connectivity index (χ3v) is 2.66. The predicted octanol–water partition coefficient (Wildman–Crippen LogP) is 3.15. The quantitative estimate of drug-likeness (QED) is 0.867. The second kappa shape index (κ2) is 5.48. The van der Waals surface area contributed by atoms with Crippen LogP contribution in [-0.4, -0.2) is 23.2 Å². The van der Waals surface area contributed by atoms with Crippen LogP contribution in [0.1, 0.15) is 28.2 Å². The van der Waals surface area contributed by atoms with Gasteiger partial charge in [-0.3, -0.25) is 4.79 Å². The molecule has 0 heterocycles. The number of carbonyl (C=O) groups is 2. The van der Waals surface area contributed by atoms with Gasteiger partial charge in [0, 0.05) is 0 Å². The third kappa shape index (κ3) is 4.13. The lowest BCUT2D eigenvalue weighted by molar-refractivity contribution is -0.274. The van der Waals surface area contributed by atoms with E-state index in [0.717, 1.165) is 25.1 Å². The Morgan fingerprint density at radius 2 is 1.95 bits per heavy atom. The Balaban J connectivity index is 3.26. The molecule has 1 unspecified atom stereocenters. The van der Waals surface area contributed by atoms with Crippen LogP contribution >= 0.6 is 11.6 Å². The molecule has 0 radical (unpaired) electrons. The minimum atomic E-state index is -4.92. The molecule has 0 aliphatic rings. The molecule has 0 saturated carbocycles. The summed E-state index contributed by atoms with van der Waals surface area (Å²) in [7, 11) is 0. The van der Waals surface area contributed by atoms with E-state index < -0.39 is 29.2 Å². The molecule has 4 nitrogen and oxygen atoms in total. The summed E-state index contributed by atoms with van der Waals surface area (Å²) in [6.45, 7) is 1.10. The van der Waals surface area contributed by atoms with Crippen LogP contribution in [0, 0.1) is 0 Å². The van der Waals surface area contributed by atoms with Gasteiger partial charge in [-0.05, 0) is 30.7 Å². The van der Waals surface area contributed by atoms with E-state index in [9.17, 15) is 22.8 Å². The van der Waals surface area contributed by atoms with Crippen molar-refractivity contribution in [3.05, 3.63) is 29.3 Å². The summed E-state index contributed by atoms with van der Waals surface area (Å²) >= 11 is 5.68. The Bertz CT molecular complexity index is 513. The largest absolute Gasteiger partial charge is 0.573 e. The molecule has 104 valence electrons. The highest BCUT2D eigenvalue weighted by molar-refractivity contribution is 6.31. The molecule has 0 amide bonds. The average molecular weight is 297 g/mol. The maximum absolute atomic E-state index is 12.1. The summed E-state index contributed by atoms with van der Waals surface area (Å²) in [4.78, 5) is 22.0. The molecular weight excluding hydrogens is 289 g/mol. The SMILES string of the molecule is CC(=O)C(Cl)c1cc(OC(F)(F)F)ccc1C(=O)O. The second-order valence-corrected chi connectivity index (χ2v) is 4.01. The van der Waals surface area contributed by atoms with E-state index in [0.29, 0.717) is 0 Å². The Morgan fingerprint density at radius 3 is 2.37 bits per heavy atom. The number of Topliss-reactive ketones (excluding diaryl/α,β-unsaturated/α-hetero) is 1. The number of alkyl halides is 4. The number of aromatic carboxylic acids is 1. The van der Waals surface area contributed by atoms with Gasteiger partial charge in [-0.25, -0.2) is 4.79 Å². The monoisotopic (exact) mass is 296 g/mol. The summed E-state index contributed by atoms with van der Waals surface area (Å²) in [5.41, 5.74) is -0.604. The smallest absolute Gasteiger partial charge is 0.478 e. The first kappa shape index (κ1) is 15.3. The maximum atomic E-state index is 12.1. The van der Waals surface area contributed by atoms with Gasteiger partial charge in [0.15, 0.2) is 5.78 Å². The van der Waals surface area contributed by atoms with Gasteiger partial charge in [-0.15, -0.1) is 24.8 Å². The van der Waals surface area contributed by atoms with Gasteiger partial charge in [-0.1, -0.05) is 0 Å². The van der Waals surface area contributed by atoms with Gasteiger partial charge < -0.3 is 9.84 Å². The minimum Gasteiger partial charge on any atom is -0.478 e. The van der Waals surface area contributed by atoms with Crippen LogP contribution in [0.25, 0.3) is 0 Å². The highest BCUT2D eigenvalue weighted by Gasteiger charge is 2.32. The topological polar surface area (TPSA) is 63.6 Å². The van der Waals surface area contributed by atoms with Crippen molar-refractivity contribution >= 4 is 23.4 Å². The Kier molecular flexibility index (Phi) is 4.41. The second-order valence-electron chi connectivity index (χ2n) is 3.58. The molecule has 0 aliphatic carbocycles. The zero-order valence-corrected chi connectivity index (χ0v) is 10.2. The van der Waals surface area contributed by atoms with Crippen LogP contribution in [0.3, 0.4) is 0 Å². The Hall–Kier alpha value is -1.76. The van der Waals surface area contributed by atoms with Gasteiger partial charge in [0.25, 0.3) is 0 Å². The maximum Gasteiger partial charge on any atom is 0.573 e. The number of carboxylic acid groups (broad SMARTS) is 1. The van der Waals surface area contributed by atoms with Crippen LogP contribution in [0.2, 0.25) is 0 Å². The van der Waals surface area contributed by atoms with Crippen LogP contribution < -0.4 is 4.74 Å². The number of hydrogen-bond donors (Lipinski definition) is 1. The van der Waals surface area contributed by atoms with E-state index in [-0.39, 0.29) is 11.1 Å². The fourth-order valence-corrected chi connectivity index (χ4v) is 1.54. The zero-order valence-electron chi connectivity index (χ0n) is 9.49. The van der Waals surface area contributed by atoms with Crippen molar-refractivity contribution in [3.8, 4) is 5.75 Å². The number of halogens is 4. The van der Waals surface area contributed by atoms with Crippen molar-refractivity contribution in [2.75, 3.05) is 0 Å². The first-order chi connectivity index (χ1) is 8.61. The van der Waals surface area contributed by atoms with E-state index in [4.69, 9.17) is 16.7 Å². The highest BCUT2D eigenvalue weighted by atomic mass is 35.5. The molecule has 1 aromatic carbocycles. The molecule has 19 heavy (non-hydrogen) atoms. The standard InChI is InChI=1S/C11H8ClF3O4/c1-5(16)9(12)8-4-6(19-11(13,14)15)2-3-7(8)10(17)18/h2-4,9H,1H3,(H,17,18). The van der Waals surface area contributed by atoms with E-state index in [1.807, 2.05) is 0 Å². The summed E-state index contributed by atoms with van der Waals surface area (Å²) in [6, 6.07) is 2.53. The summed E-state index contributed by atoms with van der Waals surface area (Å²) in [5, 5.41) is 7.53. The van der Waals surface area contributed by atoms with E-state index >= 15 is 0 Å². The molecule has 0 fully saturated rings. The van der Waals surface area contributed by atoms with Gasteiger partial charge in [0.2, 0.25) is 0 Å². The number of carboxylic acids is 1. The molecule has 0 aromatic heterocycles. The van der Waals surface area contributed by atoms with Crippen molar-refractivity contribution in [3.63, 3.8) is 0 Å². The predicted molar refractivity (Wildman–Crippen MR) is 59.4 cm³/mol. The molecule has 0 saturated heterocycles. The highest BCUT2D eigenvalue weighted by Crippen LogP contribution is 2.31. The van der Waals surface area contributed by atoms with Crippen molar-refractivity contribution in [2.45, 2.75) is 18.7 Å². The van der Waals surface area contributed by atoms with Crippen LogP contribution in [0.4, 0.5) is 13.2 Å². The van der Waals surface area contributed by atoms with Gasteiger partial charge in [-0.2, -0.15) is 0 Å². The van der Waals surface area contributed by atoms with Gasteiger partial charge in [0.05, 0.1) is 5.56 Å². The number of ether oxygens (including phenoxy) is 1. The number of carbonyl (C=O) groups excluding carboxylic acids is 1. The van der Waals surface area contributed by atoms with Crippen molar-refractivity contribution in [2.24, 2.45) is 0 Å². The molecule has 1 N–H and O–H groups in total. The van der Waals surface area contributed by atoms with Gasteiger partial charge >= 0.3 is 12.3 Å². The fourth-order valence-electron chi connectivity index (χ4n) is 1.36. The van der Waals surface area contributed by atoms with E-state index in [2.05, 4.69) is 4.74 Å². The third-order valence-electron chi connectivity index (χ3n) is 2.12. The van der Waals surface area contributed by atoms with Crippen molar-refractivity contribution < 1.29 is 32.6 Å². The number of hydrogen-bond acceptors (Lipinski definition) is 3. The average Bonchev–Trinajstić information content (AvgIpc) is 2.25. The number of benzene rings is 1. The normalized spacial score (nSPS) is 12.9. The molecule has 0 aliphatic heterocycles. The Morgan fingerprint density at radius 1 is 1.37 bits per heavy atom. The summed E-state index contributed by atoms with van der Waals surface area (Å²) in [5.74, 6) is -2.63. The van der Waals surface area contributed by atoms with Crippen molar-refractivity contribution in [1.29, 1.82) is 0 Å². The van der Waals surface area contributed by atoms with E-state index in [1.54, 1.807) is 0 Å². The lowest BCUT2D eigenvalue weighted by atomic mass is 10.0. The zero-order chi connectivity index (χ0) is 14.8. The summed E-state index contributed by atoms with van der Waals surface area (Å²) < 4.78 is 39.8. The molecular formula is C11H8ClF3O4. The number of ketones is 1. The summed E-state index contributed by atoms with van der Waals surface area (Å²) in [6.07, 6.45) is -4.92. The van der Waals surface area contributed by atoms with Crippen LogP contribution in [0.5, 0.6) is 5.75 Å². The lowest BCUT2D eigenvalue weighted by Crippen LogP contribution is -2.18. The fraction of sp³-hybridized carbons (Fsp3) is 0.273. The first-order valence-electron chi connectivity index (χ1n) is 4.89. The Labute approximate surface area is 110 Å². The molecule has 1 rings (SSSR count). The molecule has 0 spiro atoms. The van der Waals surface area contributed by atoms with Gasteiger partial charge in [0.1, 0.15) is 11.1 Å². The van der Waals surface area contributed by atoms with Crippen LogP contribution in [0.15, 0.2) is 18.2 Å². The lowest BCUT2D eigenvalue weighted by Gasteiger charge is -2.14. The molecule has 1 aromatic rings. The van der Waals surface area contributed by atoms with Crippen LogP contribution in [-0.2, 0) is 4.79 Å². The molecule has 1 atom stereocenters. The van der Waals surface area contributed by atoms with E-state index in [1.165, 1.54) is 0 Å². The minimum absolute atomic E-state index is 0.247. The number of rotatable bonds is 4. The van der Waals surface area contributed by atoms with Crippen molar-refractivity contribution in [1.82, 2.24) is 0 Å². The first-order valence-corrected chi connectivity index (χ1v) is 5.33. The molecule has 8 heteroatoms.